The summed E-state index contributed by atoms with van der Waals surface area (Å²) in [5.74, 6) is 0.512. The number of anilines is 1. The van der Waals surface area contributed by atoms with Crippen LogP contribution < -0.4 is 5.43 Å². The van der Waals surface area contributed by atoms with E-state index in [1.807, 2.05) is 32.0 Å². The van der Waals surface area contributed by atoms with E-state index in [1.54, 1.807) is 23.3 Å². The molecule has 0 unspecified atom stereocenters. The average Bonchev–Trinajstić information content (AvgIpc) is 2.88. The standard InChI is InChI=1S/C13H13N9/c1-9-6-10(2)22(21-9)13-19-17-12(18-20-13)16-15-8-11-4-3-5-14-7-11/h3-8H,1-2H3,(H,16,17,18)/b15-8+. The molecular formula is C13H13N9. The minimum Gasteiger partial charge on any atom is -0.264 e. The van der Waals surface area contributed by atoms with E-state index in [0.29, 0.717) is 5.95 Å². The Labute approximate surface area is 126 Å². The van der Waals surface area contributed by atoms with E-state index >= 15 is 0 Å². The molecule has 110 valence electrons. The molecule has 0 bridgehead atoms. The number of hydrazone groups is 1. The number of nitrogens with one attached hydrogen (secondary N) is 1. The normalized spacial score (nSPS) is 11.0. The van der Waals surface area contributed by atoms with Crippen LogP contribution in [0.5, 0.6) is 0 Å². The SMILES string of the molecule is Cc1cc(C)n(-c2nnc(N/N=C/c3cccnc3)nn2)n1. The highest BCUT2D eigenvalue weighted by Gasteiger charge is 2.07. The average molecular weight is 295 g/mol. The fraction of sp³-hybridized carbons (Fsp3) is 0.154. The molecule has 0 amide bonds. The first kappa shape index (κ1) is 13.7. The van der Waals surface area contributed by atoms with E-state index in [4.69, 9.17) is 0 Å². The molecule has 3 aromatic rings. The molecule has 0 fully saturated rings. The van der Waals surface area contributed by atoms with Crippen LogP contribution in [0.1, 0.15) is 17.0 Å². The maximum atomic E-state index is 4.27. The van der Waals surface area contributed by atoms with Crippen LogP contribution in [0.3, 0.4) is 0 Å². The summed E-state index contributed by atoms with van der Waals surface area (Å²) in [5.41, 5.74) is 5.31. The van der Waals surface area contributed by atoms with Gasteiger partial charge in [0.25, 0.3) is 11.9 Å². The van der Waals surface area contributed by atoms with Crippen molar-refractivity contribution in [3.8, 4) is 5.95 Å². The molecule has 3 heterocycles. The van der Waals surface area contributed by atoms with Crippen molar-refractivity contribution in [2.45, 2.75) is 13.8 Å². The van der Waals surface area contributed by atoms with Crippen LogP contribution in [0.2, 0.25) is 0 Å². The highest BCUT2D eigenvalue weighted by Crippen LogP contribution is 2.06. The van der Waals surface area contributed by atoms with Crippen molar-refractivity contribution in [3.05, 3.63) is 47.5 Å². The second kappa shape index (κ2) is 6.04. The van der Waals surface area contributed by atoms with Gasteiger partial charge in [0.05, 0.1) is 11.9 Å². The second-order valence-electron chi connectivity index (χ2n) is 4.52. The lowest BCUT2D eigenvalue weighted by Crippen LogP contribution is -2.10. The lowest BCUT2D eigenvalue weighted by Gasteiger charge is -2.01. The van der Waals surface area contributed by atoms with Gasteiger partial charge in [0.1, 0.15) is 0 Å². The molecular weight excluding hydrogens is 282 g/mol. The molecule has 22 heavy (non-hydrogen) atoms. The summed E-state index contributed by atoms with van der Waals surface area (Å²) in [6.45, 7) is 3.81. The van der Waals surface area contributed by atoms with E-state index in [-0.39, 0.29) is 5.95 Å². The predicted molar refractivity (Wildman–Crippen MR) is 79.7 cm³/mol. The van der Waals surface area contributed by atoms with Crippen molar-refractivity contribution in [3.63, 3.8) is 0 Å². The molecule has 0 aliphatic heterocycles. The maximum absolute atomic E-state index is 4.27. The lowest BCUT2D eigenvalue weighted by molar-refractivity contribution is 0.711. The quantitative estimate of drug-likeness (QED) is 0.563. The van der Waals surface area contributed by atoms with Gasteiger partial charge in [0.2, 0.25) is 0 Å². The summed E-state index contributed by atoms with van der Waals surface area (Å²) in [4.78, 5) is 3.98. The van der Waals surface area contributed by atoms with Crippen LogP contribution in [0.15, 0.2) is 35.7 Å². The zero-order chi connectivity index (χ0) is 15.4. The zero-order valence-corrected chi connectivity index (χ0v) is 12.0. The molecule has 0 radical (unpaired) electrons. The highest BCUT2D eigenvalue weighted by molar-refractivity contribution is 5.79. The van der Waals surface area contributed by atoms with Crippen LogP contribution in [0.25, 0.3) is 5.95 Å². The summed E-state index contributed by atoms with van der Waals surface area (Å²) in [7, 11) is 0. The topological polar surface area (TPSA) is 107 Å². The van der Waals surface area contributed by atoms with E-state index in [1.165, 1.54) is 0 Å². The van der Waals surface area contributed by atoms with E-state index in [2.05, 4.69) is 41.0 Å². The van der Waals surface area contributed by atoms with Gasteiger partial charge in [-0.3, -0.25) is 4.98 Å². The summed E-state index contributed by atoms with van der Waals surface area (Å²) >= 11 is 0. The number of aromatic nitrogens is 7. The molecule has 3 rings (SSSR count). The summed E-state index contributed by atoms with van der Waals surface area (Å²) in [5, 5.41) is 24.0. The molecule has 9 heteroatoms. The van der Waals surface area contributed by atoms with Crippen molar-refractivity contribution < 1.29 is 0 Å². The lowest BCUT2D eigenvalue weighted by atomic mass is 10.3. The molecule has 0 aliphatic rings. The molecule has 0 spiro atoms. The number of hydrogen-bond acceptors (Lipinski definition) is 8. The third kappa shape index (κ3) is 3.08. The summed E-state index contributed by atoms with van der Waals surface area (Å²) in [6, 6.07) is 5.62. The zero-order valence-electron chi connectivity index (χ0n) is 12.0. The Morgan fingerprint density at radius 2 is 2.00 bits per heavy atom. The molecule has 3 aromatic heterocycles. The fourth-order valence-corrected chi connectivity index (χ4v) is 1.80. The van der Waals surface area contributed by atoms with Gasteiger partial charge in [-0.1, -0.05) is 6.07 Å². The van der Waals surface area contributed by atoms with Crippen molar-refractivity contribution in [2.75, 3.05) is 5.43 Å². The third-order valence-electron chi connectivity index (χ3n) is 2.73. The Morgan fingerprint density at radius 3 is 2.64 bits per heavy atom. The minimum absolute atomic E-state index is 0.199. The van der Waals surface area contributed by atoms with Crippen LogP contribution in [-0.4, -0.2) is 41.4 Å². The van der Waals surface area contributed by atoms with E-state index in [0.717, 1.165) is 17.0 Å². The van der Waals surface area contributed by atoms with Crippen molar-refractivity contribution in [1.29, 1.82) is 0 Å². The predicted octanol–water partition coefficient (Wildman–Crippen LogP) is 0.910. The molecule has 0 saturated carbocycles. The largest absolute Gasteiger partial charge is 0.289 e. The molecule has 9 nitrogen and oxygen atoms in total. The van der Waals surface area contributed by atoms with Crippen LogP contribution >= 0.6 is 0 Å². The summed E-state index contributed by atoms with van der Waals surface area (Å²) < 4.78 is 1.58. The summed E-state index contributed by atoms with van der Waals surface area (Å²) in [6.07, 6.45) is 4.99. The van der Waals surface area contributed by atoms with Gasteiger partial charge in [-0.2, -0.15) is 10.2 Å². The van der Waals surface area contributed by atoms with Crippen molar-refractivity contribution in [2.24, 2.45) is 5.10 Å². The highest BCUT2D eigenvalue weighted by atomic mass is 15.5. The van der Waals surface area contributed by atoms with Gasteiger partial charge in [-0.15, -0.1) is 20.4 Å². The van der Waals surface area contributed by atoms with Crippen molar-refractivity contribution >= 4 is 12.2 Å². The van der Waals surface area contributed by atoms with Crippen LogP contribution in [0, 0.1) is 13.8 Å². The number of nitrogens with zero attached hydrogens (tertiary/aromatic N) is 8. The molecule has 0 aromatic carbocycles. The Morgan fingerprint density at radius 1 is 1.18 bits per heavy atom. The Kier molecular flexibility index (Phi) is 3.77. The molecule has 0 atom stereocenters. The number of aryl methyl sites for hydroxylation is 2. The van der Waals surface area contributed by atoms with Gasteiger partial charge in [-0.25, -0.2) is 10.1 Å². The first-order valence-electron chi connectivity index (χ1n) is 6.52. The molecule has 0 aliphatic carbocycles. The molecule has 0 saturated heterocycles. The second-order valence-corrected chi connectivity index (χ2v) is 4.52. The Bertz CT molecular complexity index is 777. The number of pyridine rings is 1. The van der Waals surface area contributed by atoms with Crippen molar-refractivity contribution in [1.82, 2.24) is 35.2 Å². The van der Waals surface area contributed by atoms with Crippen LogP contribution in [0.4, 0.5) is 5.95 Å². The Hall–Kier alpha value is -3.23. The third-order valence-corrected chi connectivity index (χ3v) is 2.73. The number of rotatable bonds is 4. The molecule has 1 N–H and O–H groups in total. The van der Waals surface area contributed by atoms with Gasteiger partial charge in [0, 0.05) is 23.7 Å². The minimum atomic E-state index is 0.199. The maximum Gasteiger partial charge on any atom is 0.289 e. The van der Waals surface area contributed by atoms with Gasteiger partial charge in [0.15, 0.2) is 0 Å². The van der Waals surface area contributed by atoms with Gasteiger partial charge in [-0.05, 0) is 26.0 Å². The van der Waals surface area contributed by atoms with Gasteiger partial charge < -0.3 is 0 Å². The van der Waals surface area contributed by atoms with E-state index < -0.39 is 0 Å². The van der Waals surface area contributed by atoms with Crippen LogP contribution in [-0.2, 0) is 0 Å². The number of hydrogen-bond donors (Lipinski definition) is 1. The first-order chi connectivity index (χ1) is 10.7. The van der Waals surface area contributed by atoms with E-state index in [9.17, 15) is 0 Å². The smallest absolute Gasteiger partial charge is 0.264 e. The first-order valence-corrected chi connectivity index (χ1v) is 6.52. The van der Waals surface area contributed by atoms with Gasteiger partial charge >= 0.3 is 0 Å². The fourth-order valence-electron chi connectivity index (χ4n) is 1.80. The Balaban J connectivity index is 1.69. The monoisotopic (exact) mass is 295 g/mol.